The van der Waals surface area contributed by atoms with Gasteiger partial charge < -0.3 is 13.8 Å². The highest BCUT2D eigenvalue weighted by atomic mass is 31.2. The van der Waals surface area contributed by atoms with Crippen LogP contribution in [0.1, 0.15) is 31.9 Å². The van der Waals surface area contributed by atoms with Gasteiger partial charge in [0.1, 0.15) is 5.16 Å². The molecule has 0 unspecified atom stereocenters. The highest BCUT2D eigenvalue weighted by Gasteiger charge is 2.48. The summed E-state index contributed by atoms with van der Waals surface area (Å²) in [6.07, 6.45) is 6.16. The molecule has 0 atom stereocenters. The summed E-state index contributed by atoms with van der Waals surface area (Å²) >= 11 is 0. The van der Waals surface area contributed by atoms with E-state index in [0.29, 0.717) is 12.0 Å². The molecule has 1 aromatic rings. The Bertz CT molecular complexity index is 802. The quantitative estimate of drug-likeness (QED) is 0.588. The lowest BCUT2D eigenvalue weighted by Gasteiger charge is -2.37. The van der Waals surface area contributed by atoms with Crippen molar-refractivity contribution in [2.45, 2.75) is 32.3 Å². The van der Waals surface area contributed by atoms with Crippen LogP contribution in [0.5, 0.6) is 0 Å². The van der Waals surface area contributed by atoms with Crippen molar-refractivity contribution in [2.24, 2.45) is 0 Å². The van der Waals surface area contributed by atoms with Crippen LogP contribution in [0.15, 0.2) is 48.8 Å². The number of amides is 1. The molecule has 150 valence electrons. The highest BCUT2D eigenvalue weighted by molar-refractivity contribution is 7.56. The van der Waals surface area contributed by atoms with E-state index >= 15 is 0 Å². The van der Waals surface area contributed by atoms with Crippen molar-refractivity contribution in [1.82, 2.24) is 4.90 Å². The first-order valence-corrected chi connectivity index (χ1v) is 10.7. The number of nitriles is 1. The monoisotopic (exact) mass is 404 g/mol. The zero-order valence-corrected chi connectivity index (χ0v) is 17.2. The molecule has 1 amide bonds. The van der Waals surface area contributed by atoms with Crippen molar-refractivity contribution in [3.05, 3.63) is 59.9 Å². The van der Waals surface area contributed by atoms with Crippen LogP contribution < -0.4 is 0 Å². The minimum absolute atomic E-state index is 0.218. The predicted molar refractivity (Wildman–Crippen MR) is 106 cm³/mol. The topological polar surface area (TPSA) is 88.9 Å². The molecule has 0 saturated heterocycles. The average Bonchev–Trinajstić information content (AvgIpc) is 2.69. The minimum atomic E-state index is -3.60. The van der Waals surface area contributed by atoms with Crippen LogP contribution in [0.2, 0.25) is 0 Å². The van der Waals surface area contributed by atoms with E-state index in [4.69, 9.17) is 19.0 Å². The first kappa shape index (κ1) is 21.9. The molecule has 0 aromatic heterocycles. The first-order chi connectivity index (χ1) is 13.4. The number of hydrogen-bond acceptors (Lipinski definition) is 6. The zero-order valence-electron chi connectivity index (χ0n) is 16.3. The Balaban J connectivity index is 2.43. The SMILES string of the molecule is CCOC(=O)N1C=CC(Cc2ccc(C#N)cc2)(P(=O)(OCC)OCC)C=C1. The fraction of sp³-hybridized carbons (Fsp3) is 0.400. The number of ether oxygens (including phenoxy) is 1. The summed E-state index contributed by atoms with van der Waals surface area (Å²) in [4.78, 5) is 13.3. The molecule has 0 saturated carbocycles. The van der Waals surface area contributed by atoms with E-state index in [1.807, 2.05) is 12.1 Å². The molecule has 0 radical (unpaired) electrons. The van der Waals surface area contributed by atoms with Crippen molar-refractivity contribution in [3.63, 3.8) is 0 Å². The van der Waals surface area contributed by atoms with Gasteiger partial charge in [-0.25, -0.2) is 4.79 Å². The molecular formula is C20H25N2O5P. The molecule has 0 N–H and O–H groups in total. The molecule has 1 aliphatic rings. The minimum Gasteiger partial charge on any atom is -0.449 e. The average molecular weight is 404 g/mol. The fourth-order valence-electron chi connectivity index (χ4n) is 2.88. The number of allylic oxidation sites excluding steroid dienone is 2. The Morgan fingerprint density at radius 1 is 1.07 bits per heavy atom. The lowest BCUT2D eigenvalue weighted by molar-refractivity contribution is 0.132. The van der Waals surface area contributed by atoms with E-state index in [0.717, 1.165) is 5.56 Å². The first-order valence-electron chi connectivity index (χ1n) is 9.15. The molecule has 1 aromatic carbocycles. The Labute approximate surface area is 165 Å². The van der Waals surface area contributed by atoms with Gasteiger partial charge in [0.2, 0.25) is 0 Å². The number of carbonyl (C=O) groups is 1. The second-order valence-electron chi connectivity index (χ2n) is 6.05. The third-order valence-electron chi connectivity index (χ3n) is 4.20. The third kappa shape index (κ3) is 4.71. The Kier molecular flexibility index (Phi) is 7.59. The molecule has 1 heterocycles. The van der Waals surface area contributed by atoms with Crippen molar-refractivity contribution in [3.8, 4) is 6.07 Å². The van der Waals surface area contributed by atoms with Gasteiger partial charge in [0.05, 0.1) is 31.5 Å². The number of carbonyl (C=O) groups excluding carboxylic acids is 1. The van der Waals surface area contributed by atoms with E-state index in [9.17, 15) is 9.36 Å². The van der Waals surface area contributed by atoms with E-state index < -0.39 is 18.8 Å². The summed E-state index contributed by atoms with van der Waals surface area (Å²) in [6.45, 7) is 5.92. The fourth-order valence-corrected chi connectivity index (χ4v) is 4.99. The summed E-state index contributed by atoms with van der Waals surface area (Å²) in [5.41, 5.74) is 1.40. The summed E-state index contributed by atoms with van der Waals surface area (Å²) in [7, 11) is -3.60. The molecule has 0 fully saturated rings. The van der Waals surface area contributed by atoms with E-state index in [-0.39, 0.29) is 19.8 Å². The van der Waals surface area contributed by atoms with Gasteiger partial charge in [-0.3, -0.25) is 9.46 Å². The van der Waals surface area contributed by atoms with Gasteiger partial charge in [0, 0.05) is 12.4 Å². The van der Waals surface area contributed by atoms with Crippen LogP contribution in [0.3, 0.4) is 0 Å². The number of nitrogens with zero attached hydrogens (tertiary/aromatic N) is 2. The van der Waals surface area contributed by atoms with Gasteiger partial charge in [0.15, 0.2) is 0 Å². The molecule has 0 bridgehead atoms. The normalized spacial score (nSPS) is 15.3. The summed E-state index contributed by atoms with van der Waals surface area (Å²) < 4.78 is 29.9. The highest BCUT2D eigenvalue weighted by Crippen LogP contribution is 2.63. The van der Waals surface area contributed by atoms with Crippen LogP contribution in [0, 0.1) is 11.3 Å². The molecule has 1 aliphatic heterocycles. The molecule has 28 heavy (non-hydrogen) atoms. The standard InChI is InChI=1S/C20H25N2O5P/c1-4-25-19(23)22-13-11-20(12-14-22,28(24,26-5-2)27-6-3)15-17-7-9-18(16-21)10-8-17/h7-14H,4-6,15H2,1-3H3. The maximum atomic E-state index is 13.7. The van der Waals surface area contributed by atoms with E-state index in [2.05, 4.69) is 6.07 Å². The van der Waals surface area contributed by atoms with Gasteiger partial charge >= 0.3 is 13.7 Å². The second-order valence-corrected chi connectivity index (χ2v) is 8.39. The molecule has 0 spiro atoms. The van der Waals surface area contributed by atoms with Gasteiger partial charge in [-0.2, -0.15) is 5.26 Å². The lowest BCUT2D eigenvalue weighted by Crippen LogP contribution is -2.35. The molecule has 2 rings (SSSR count). The van der Waals surface area contributed by atoms with Crippen molar-refractivity contribution < 1.29 is 23.1 Å². The van der Waals surface area contributed by atoms with E-state index in [1.165, 1.54) is 17.3 Å². The third-order valence-corrected chi connectivity index (χ3v) is 6.88. The van der Waals surface area contributed by atoms with Crippen molar-refractivity contribution in [2.75, 3.05) is 19.8 Å². The molecule has 0 aliphatic carbocycles. The molecule has 7 nitrogen and oxygen atoms in total. The summed E-state index contributed by atoms with van der Waals surface area (Å²) in [5.74, 6) is 0. The maximum absolute atomic E-state index is 13.7. The summed E-state index contributed by atoms with van der Waals surface area (Å²) in [5, 5.41) is 7.90. The second kappa shape index (κ2) is 9.70. The van der Waals surface area contributed by atoms with Crippen LogP contribution in [0.4, 0.5) is 4.79 Å². The van der Waals surface area contributed by atoms with Crippen LogP contribution in [-0.4, -0.2) is 36.0 Å². The Morgan fingerprint density at radius 2 is 1.64 bits per heavy atom. The van der Waals surface area contributed by atoms with Gasteiger partial charge in [-0.15, -0.1) is 0 Å². The van der Waals surface area contributed by atoms with Crippen LogP contribution in [0.25, 0.3) is 0 Å². The number of benzene rings is 1. The van der Waals surface area contributed by atoms with Crippen LogP contribution in [-0.2, 0) is 24.8 Å². The maximum Gasteiger partial charge on any atom is 0.417 e. The molecular weight excluding hydrogens is 379 g/mol. The zero-order chi connectivity index (χ0) is 20.6. The van der Waals surface area contributed by atoms with Crippen molar-refractivity contribution in [1.29, 1.82) is 5.26 Å². The van der Waals surface area contributed by atoms with E-state index in [1.54, 1.807) is 45.1 Å². The Hall–Kier alpha value is -2.39. The largest absolute Gasteiger partial charge is 0.449 e. The number of rotatable bonds is 8. The van der Waals surface area contributed by atoms with Gasteiger partial charge in [-0.05, 0) is 57.0 Å². The predicted octanol–water partition coefficient (Wildman–Crippen LogP) is 4.61. The number of hydrogen-bond donors (Lipinski definition) is 0. The smallest absolute Gasteiger partial charge is 0.417 e. The van der Waals surface area contributed by atoms with Gasteiger partial charge in [0.25, 0.3) is 0 Å². The lowest BCUT2D eigenvalue weighted by atomic mass is 9.96. The molecule has 8 heteroatoms. The Morgan fingerprint density at radius 3 is 2.11 bits per heavy atom. The van der Waals surface area contributed by atoms with Crippen molar-refractivity contribution >= 4 is 13.7 Å². The summed E-state index contributed by atoms with van der Waals surface area (Å²) in [6, 6.07) is 9.10. The van der Waals surface area contributed by atoms with Gasteiger partial charge in [-0.1, -0.05) is 12.1 Å². The van der Waals surface area contributed by atoms with Crippen LogP contribution >= 0.6 is 7.60 Å².